The van der Waals surface area contributed by atoms with Crippen molar-refractivity contribution in [2.75, 3.05) is 13.1 Å². The fourth-order valence-corrected chi connectivity index (χ4v) is 3.44. The van der Waals surface area contributed by atoms with Crippen LogP contribution >= 0.6 is 0 Å². The quantitative estimate of drug-likeness (QED) is 0.786. The maximum absolute atomic E-state index is 12.3. The Morgan fingerprint density at radius 3 is 2.69 bits per heavy atom. The summed E-state index contributed by atoms with van der Waals surface area (Å²) in [5.74, 6) is 0. The maximum Gasteiger partial charge on any atom is 0.410 e. The minimum atomic E-state index is -0.305. The van der Waals surface area contributed by atoms with E-state index in [0.717, 1.165) is 11.1 Å². The molecule has 7 nitrogen and oxygen atoms in total. The lowest BCUT2D eigenvalue weighted by Gasteiger charge is -2.31. The van der Waals surface area contributed by atoms with E-state index >= 15 is 0 Å². The Labute approximate surface area is 150 Å². The van der Waals surface area contributed by atoms with Crippen molar-refractivity contribution in [2.24, 2.45) is 0 Å². The second kappa shape index (κ2) is 7.03. The van der Waals surface area contributed by atoms with Gasteiger partial charge in [-0.15, -0.1) is 0 Å². The van der Waals surface area contributed by atoms with Crippen molar-refractivity contribution in [2.45, 2.75) is 25.5 Å². The number of likely N-dealkylation sites (tertiary alicyclic amines) is 1. The average molecular weight is 352 g/mol. The minimum Gasteiger partial charge on any atom is -0.445 e. The van der Waals surface area contributed by atoms with E-state index in [1.807, 2.05) is 42.5 Å². The van der Waals surface area contributed by atoms with Gasteiger partial charge >= 0.3 is 11.8 Å². The molecule has 3 aromatic rings. The van der Waals surface area contributed by atoms with Gasteiger partial charge in [0, 0.05) is 25.3 Å². The normalized spacial score (nSPS) is 15.3. The summed E-state index contributed by atoms with van der Waals surface area (Å²) in [6.07, 6.45) is 2.78. The number of hydrogen-bond donors (Lipinski definition) is 1. The molecule has 1 fully saturated rings. The van der Waals surface area contributed by atoms with Crippen LogP contribution in [0.4, 0.5) is 4.79 Å². The SMILES string of the molecule is O=C(OCc1ccccc1)N1CCC(n2c(=O)[nH]c3ncccc32)CC1. The van der Waals surface area contributed by atoms with Gasteiger partial charge in [0.25, 0.3) is 0 Å². The molecule has 2 aromatic heterocycles. The highest BCUT2D eigenvalue weighted by molar-refractivity contribution is 5.70. The molecule has 1 aliphatic heterocycles. The smallest absolute Gasteiger partial charge is 0.410 e. The first-order chi connectivity index (χ1) is 12.7. The number of H-pyrrole nitrogens is 1. The van der Waals surface area contributed by atoms with Gasteiger partial charge in [-0.05, 0) is 30.5 Å². The fourth-order valence-electron chi connectivity index (χ4n) is 3.44. The van der Waals surface area contributed by atoms with Gasteiger partial charge in [0.15, 0.2) is 5.65 Å². The number of ether oxygens (including phenoxy) is 1. The molecule has 7 heteroatoms. The van der Waals surface area contributed by atoms with E-state index in [1.165, 1.54) is 0 Å². The minimum absolute atomic E-state index is 0.0543. The first-order valence-corrected chi connectivity index (χ1v) is 8.73. The summed E-state index contributed by atoms with van der Waals surface area (Å²) in [5, 5.41) is 0. The zero-order valence-corrected chi connectivity index (χ0v) is 14.3. The van der Waals surface area contributed by atoms with Crippen LogP contribution in [0.5, 0.6) is 0 Å². The van der Waals surface area contributed by atoms with E-state index in [9.17, 15) is 9.59 Å². The largest absolute Gasteiger partial charge is 0.445 e. The summed E-state index contributed by atoms with van der Waals surface area (Å²) in [6.45, 7) is 1.41. The molecule has 0 spiro atoms. The van der Waals surface area contributed by atoms with Gasteiger partial charge in [-0.2, -0.15) is 0 Å². The van der Waals surface area contributed by atoms with Crippen LogP contribution in [0, 0.1) is 0 Å². The first-order valence-electron chi connectivity index (χ1n) is 8.73. The monoisotopic (exact) mass is 352 g/mol. The Hall–Kier alpha value is -3.09. The summed E-state index contributed by atoms with van der Waals surface area (Å²) in [4.78, 5) is 33.2. The molecule has 3 heterocycles. The molecule has 0 unspecified atom stereocenters. The van der Waals surface area contributed by atoms with Gasteiger partial charge in [-0.3, -0.25) is 9.55 Å². The number of aromatic amines is 1. The zero-order valence-electron chi connectivity index (χ0n) is 14.3. The second-order valence-electron chi connectivity index (χ2n) is 6.43. The molecule has 26 heavy (non-hydrogen) atoms. The van der Waals surface area contributed by atoms with E-state index in [2.05, 4.69) is 9.97 Å². The number of imidazole rings is 1. The van der Waals surface area contributed by atoms with E-state index < -0.39 is 0 Å². The standard InChI is InChI=1S/C19H20N4O3/c24-18-21-17-16(7-4-10-20-17)23(18)15-8-11-22(12-9-15)19(25)26-13-14-5-2-1-3-6-14/h1-7,10,15H,8-9,11-13H2,(H,20,21,24). The molecule has 4 rings (SSSR count). The van der Waals surface area contributed by atoms with Gasteiger partial charge in [-0.1, -0.05) is 30.3 Å². The van der Waals surface area contributed by atoms with Crippen molar-refractivity contribution in [1.82, 2.24) is 19.4 Å². The number of nitrogens with one attached hydrogen (secondary N) is 1. The first kappa shape index (κ1) is 16.4. The number of benzene rings is 1. The molecule has 0 radical (unpaired) electrons. The van der Waals surface area contributed by atoms with Crippen LogP contribution in [0.15, 0.2) is 53.5 Å². The summed E-state index contributed by atoms with van der Waals surface area (Å²) in [6, 6.07) is 13.4. The number of hydrogen-bond acceptors (Lipinski definition) is 4. The number of rotatable bonds is 3. The molecule has 134 valence electrons. The van der Waals surface area contributed by atoms with Crippen LogP contribution < -0.4 is 5.69 Å². The van der Waals surface area contributed by atoms with E-state index in [1.54, 1.807) is 15.7 Å². The third-order valence-electron chi connectivity index (χ3n) is 4.78. The van der Waals surface area contributed by atoms with Crippen LogP contribution in [0.1, 0.15) is 24.4 Å². The molecular weight excluding hydrogens is 332 g/mol. The van der Waals surface area contributed by atoms with Gasteiger partial charge in [-0.25, -0.2) is 14.6 Å². The highest BCUT2D eigenvalue weighted by Gasteiger charge is 2.26. The molecule has 1 aromatic carbocycles. The molecule has 1 amide bonds. The maximum atomic E-state index is 12.3. The summed E-state index contributed by atoms with van der Waals surface area (Å²) < 4.78 is 7.15. The fraction of sp³-hybridized carbons (Fsp3) is 0.316. The number of pyridine rings is 1. The molecule has 1 saturated heterocycles. The Balaban J connectivity index is 1.38. The van der Waals surface area contributed by atoms with Gasteiger partial charge in [0.05, 0.1) is 5.52 Å². The molecule has 0 aliphatic carbocycles. The number of piperidine rings is 1. The topological polar surface area (TPSA) is 80.2 Å². The molecule has 0 atom stereocenters. The summed E-state index contributed by atoms with van der Waals surface area (Å²) in [7, 11) is 0. The number of amides is 1. The Kier molecular flexibility index (Phi) is 4.43. The third-order valence-corrected chi connectivity index (χ3v) is 4.78. The Morgan fingerprint density at radius 2 is 1.92 bits per heavy atom. The van der Waals surface area contributed by atoms with E-state index in [-0.39, 0.29) is 24.4 Å². The predicted molar refractivity (Wildman–Crippen MR) is 96.8 cm³/mol. The van der Waals surface area contributed by atoms with Gasteiger partial charge in [0.1, 0.15) is 6.61 Å². The number of aromatic nitrogens is 3. The molecule has 1 N–H and O–H groups in total. The van der Waals surface area contributed by atoms with Gasteiger partial charge < -0.3 is 9.64 Å². The number of carbonyl (C=O) groups excluding carboxylic acids is 1. The number of fused-ring (bicyclic) bond motifs is 1. The second-order valence-corrected chi connectivity index (χ2v) is 6.43. The van der Waals surface area contributed by atoms with Crippen LogP contribution in [0.25, 0.3) is 11.2 Å². The predicted octanol–water partition coefficient (Wildman–Crippen LogP) is 2.70. The third kappa shape index (κ3) is 3.20. The summed E-state index contributed by atoms with van der Waals surface area (Å²) >= 11 is 0. The average Bonchev–Trinajstić information content (AvgIpc) is 3.03. The lowest BCUT2D eigenvalue weighted by Crippen LogP contribution is -2.40. The lowest BCUT2D eigenvalue weighted by atomic mass is 10.1. The van der Waals surface area contributed by atoms with Crippen molar-refractivity contribution in [3.8, 4) is 0 Å². The van der Waals surface area contributed by atoms with Crippen molar-refractivity contribution in [1.29, 1.82) is 0 Å². The highest BCUT2D eigenvalue weighted by atomic mass is 16.6. The molecular formula is C19H20N4O3. The van der Waals surface area contributed by atoms with E-state index in [0.29, 0.717) is 31.6 Å². The highest BCUT2D eigenvalue weighted by Crippen LogP contribution is 2.24. The molecule has 0 saturated carbocycles. The Bertz CT molecular complexity index is 956. The van der Waals surface area contributed by atoms with Crippen LogP contribution in [0.2, 0.25) is 0 Å². The molecule has 1 aliphatic rings. The van der Waals surface area contributed by atoms with Gasteiger partial charge in [0.2, 0.25) is 0 Å². The van der Waals surface area contributed by atoms with Crippen molar-refractivity contribution in [3.63, 3.8) is 0 Å². The van der Waals surface area contributed by atoms with Crippen molar-refractivity contribution >= 4 is 17.3 Å². The van der Waals surface area contributed by atoms with E-state index in [4.69, 9.17) is 4.74 Å². The van der Waals surface area contributed by atoms with Crippen LogP contribution in [-0.2, 0) is 11.3 Å². The van der Waals surface area contributed by atoms with Crippen LogP contribution in [-0.4, -0.2) is 38.6 Å². The number of carbonyl (C=O) groups is 1. The van der Waals surface area contributed by atoms with Crippen molar-refractivity contribution in [3.05, 3.63) is 64.7 Å². The summed E-state index contributed by atoms with van der Waals surface area (Å²) in [5.41, 5.74) is 2.22. The lowest BCUT2D eigenvalue weighted by molar-refractivity contribution is 0.0832. The van der Waals surface area contributed by atoms with Crippen LogP contribution in [0.3, 0.4) is 0 Å². The molecule has 0 bridgehead atoms. The zero-order chi connectivity index (χ0) is 17.9. The van der Waals surface area contributed by atoms with Crippen molar-refractivity contribution < 1.29 is 9.53 Å². The number of nitrogens with zero attached hydrogens (tertiary/aromatic N) is 3. The Morgan fingerprint density at radius 1 is 1.15 bits per heavy atom.